The molecule has 1 aromatic rings. The van der Waals surface area contributed by atoms with Crippen LogP contribution in [0.1, 0.15) is 36.0 Å². The van der Waals surface area contributed by atoms with E-state index in [0.717, 1.165) is 30.2 Å². The van der Waals surface area contributed by atoms with Gasteiger partial charge in [-0.1, -0.05) is 18.0 Å². The summed E-state index contributed by atoms with van der Waals surface area (Å²) in [5.74, 6) is 0.194. The number of hydrogen-bond acceptors (Lipinski definition) is 2. The van der Waals surface area contributed by atoms with Crippen molar-refractivity contribution in [1.82, 2.24) is 5.32 Å². The second-order valence-electron chi connectivity index (χ2n) is 5.01. The van der Waals surface area contributed by atoms with Gasteiger partial charge in [0.25, 0.3) is 5.91 Å². The molecule has 104 valence electrons. The maximum Gasteiger partial charge on any atom is 0.252 e. The Morgan fingerprint density at radius 3 is 3.00 bits per heavy atom. The summed E-state index contributed by atoms with van der Waals surface area (Å²) >= 11 is 9.28. The summed E-state index contributed by atoms with van der Waals surface area (Å²) in [7, 11) is 0. The first kappa shape index (κ1) is 14.8. The smallest absolute Gasteiger partial charge is 0.252 e. The van der Waals surface area contributed by atoms with Gasteiger partial charge in [-0.25, -0.2) is 0 Å². The van der Waals surface area contributed by atoms with E-state index < -0.39 is 0 Å². The van der Waals surface area contributed by atoms with Gasteiger partial charge in [0, 0.05) is 22.1 Å². The molecule has 0 aliphatic heterocycles. The molecule has 1 amide bonds. The molecular weight excluding hydrogens is 330 g/mol. The van der Waals surface area contributed by atoms with Crippen LogP contribution in [0.2, 0.25) is 5.02 Å². The van der Waals surface area contributed by atoms with Crippen molar-refractivity contribution in [2.45, 2.75) is 31.7 Å². The zero-order chi connectivity index (χ0) is 13.8. The van der Waals surface area contributed by atoms with E-state index in [2.05, 4.69) is 21.2 Å². The highest BCUT2D eigenvalue weighted by Gasteiger charge is 2.23. The van der Waals surface area contributed by atoms with E-state index in [-0.39, 0.29) is 18.6 Å². The molecule has 19 heavy (non-hydrogen) atoms. The number of benzene rings is 1. The molecular formula is C14H17BrClNO2. The van der Waals surface area contributed by atoms with Crippen molar-refractivity contribution >= 4 is 33.4 Å². The Balaban J connectivity index is 2.02. The van der Waals surface area contributed by atoms with Crippen LogP contribution in [0.4, 0.5) is 0 Å². The largest absolute Gasteiger partial charge is 0.396 e. The molecule has 0 saturated heterocycles. The molecule has 1 fully saturated rings. The minimum atomic E-state index is -0.113. The SMILES string of the molecule is O=C(NC1CCCC(CO)C1)c1cc(Cl)ccc1Br. The molecule has 0 heterocycles. The molecule has 1 aliphatic carbocycles. The first-order valence-electron chi connectivity index (χ1n) is 6.47. The van der Waals surface area contributed by atoms with Crippen molar-refractivity contribution in [1.29, 1.82) is 0 Å². The Labute approximate surface area is 126 Å². The van der Waals surface area contributed by atoms with E-state index in [0.29, 0.717) is 16.5 Å². The molecule has 2 rings (SSSR count). The number of aliphatic hydroxyl groups excluding tert-OH is 1. The molecule has 3 nitrogen and oxygen atoms in total. The Bertz CT molecular complexity index is 467. The minimum Gasteiger partial charge on any atom is -0.396 e. The van der Waals surface area contributed by atoms with Gasteiger partial charge in [0.1, 0.15) is 0 Å². The highest BCUT2D eigenvalue weighted by atomic mass is 79.9. The van der Waals surface area contributed by atoms with Crippen molar-refractivity contribution in [2.75, 3.05) is 6.61 Å². The summed E-state index contributed by atoms with van der Waals surface area (Å²) in [4.78, 5) is 12.2. The van der Waals surface area contributed by atoms with Crippen molar-refractivity contribution in [3.05, 3.63) is 33.3 Å². The lowest BCUT2D eigenvalue weighted by Crippen LogP contribution is -2.39. The highest BCUT2D eigenvalue weighted by Crippen LogP contribution is 2.25. The van der Waals surface area contributed by atoms with Gasteiger partial charge >= 0.3 is 0 Å². The van der Waals surface area contributed by atoms with Crippen molar-refractivity contribution in [2.24, 2.45) is 5.92 Å². The number of carbonyl (C=O) groups is 1. The van der Waals surface area contributed by atoms with E-state index in [1.165, 1.54) is 0 Å². The van der Waals surface area contributed by atoms with Crippen LogP contribution in [0, 0.1) is 5.92 Å². The summed E-state index contributed by atoms with van der Waals surface area (Å²) in [5, 5.41) is 12.8. The van der Waals surface area contributed by atoms with Crippen molar-refractivity contribution in [3.63, 3.8) is 0 Å². The predicted molar refractivity (Wildman–Crippen MR) is 79.5 cm³/mol. The average molecular weight is 347 g/mol. The van der Waals surface area contributed by atoms with Gasteiger partial charge in [-0.05, 0) is 59.3 Å². The zero-order valence-corrected chi connectivity index (χ0v) is 12.9. The molecule has 1 aromatic carbocycles. The fourth-order valence-electron chi connectivity index (χ4n) is 2.52. The van der Waals surface area contributed by atoms with Crippen LogP contribution in [0.25, 0.3) is 0 Å². The van der Waals surface area contributed by atoms with Crippen LogP contribution in [0.5, 0.6) is 0 Å². The quantitative estimate of drug-likeness (QED) is 0.881. The first-order chi connectivity index (χ1) is 9.10. The number of rotatable bonds is 3. The molecule has 0 aromatic heterocycles. The van der Waals surface area contributed by atoms with E-state index in [1.807, 2.05) is 0 Å². The van der Waals surface area contributed by atoms with Gasteiger partial charge in [-0.15, -0.1) is 0 Å². The van der Waals surface area contributed by atoms with Crippen molar-refractivity contribution < 1.29 is 9.90 Å². The lowest BCUT2D eigenvalue weighted by atomic mass is 9.86. The van der Waals surface area contributed by atoms with Crippen LogP contribution in [-0.4, -0.2) is 23.7 Å². The van der Waals surface area contributed by atoms with Gasteiger partial charge in [-0.2, -0.15) is 0 Å². The third-order valence-corrected chi connectivity index (χ3v) is 4.48. The molecule has 0 bridgehead atoms. The molecule has 0 radical (unpaired) electrons. The first-order valence-corrected chi connectivity index (χ1v) is 7.64. The predicted octanol–water partition coefficient (Wildman–Crippen LogP) is 3.38. The third kappa shape index (κ3) is 3.94. The summed E-state index contributed by atoms with van der Waals surface area (Å²) < 4.78 is 0.740. The number of amides is 1. The maximum absolute atomic E-state index is 12.2. The Kier molecular flexibility index (Phi) is 5.25. The van der Waals surface area contributed by atoms with Gasteiger partial charge in [0.15, 0.2) is 0 Å². The molecule has 1 saturated carbocycles. The average Bonchev–Trinajstić information content (AvgIpc) is 2.41. The summed E-state index contributed by atoms with van der Waals surface area (Å²) in [6, 6.07) is 5.32. The van der Waals surface area contributed by atoms with E-state index >= 15 is 0 Å². The molecule has 1 aliphatic rings. The number of hydrogen-bond donors (Lipinski definition) is 2. The van der Waals surface area contributed by atoms with E-state index in [1.54, 1.807) is 18.2 Å². The van der Waals surface area contributed by atoms with Crippen molar-refractivity contribution in [3.8, 4) is 0 Å². The number of nitrogens with one attached hydrogen (secondary N) is 1. The lowest BCUT2D eigenvalue weighted by Gasteiger charge is -2.28. The molecule has 2 N–H and O–H groups in total. The molecule has 2 atom stereocenters. The Morgan fingerprint density at radius 1 is 1.47 bits per heavy atom. The lowest BCUT2D eigenvalue weighted by molar-refractivity contribution is 0.0905. The molecule has 0 spiro atoms. The van der Waals surface area contributed by atoms with Gasteiger partial charge in [0.2, 0.25) is 0 Å². The van der Waals surface area contributed by atoms with Gasteiger partial charge in [0.05, 0.1) is 5.56 Å². The van der Waals surface area contributed by atoms with Crippen LogP contribution in [0.3, 0.4) is 0 Å². The van der Waals surface area contributed by atoms with Crippen LogP contribution in [-0.2, 0) is 0 Å². The minimum absolute atomic E-state index is 0.113. The zero-order valence-electron chi connectivity index (χ0n) is 10.5. The topological polar surface area (TPSA) is 49.3 Å². The highest BCUT2D eigenvalue weighted by molar-refractivity contribution is 9.10. The van der Waals surface area contributed by atoms with Crippen LogP contribution < -0.4 is 5.32 Å². The molecule has 5 heteroatoms. The van der Waals surface area contributed by atoms with Crippen LogP contribution >= 0.6 is 27.5 Å². The molecule has 2 unspecified atom stereocenters. The number of carbonyl (C=O) groups excluding carboxylic acids is 1. The second-order valence-corrected chi connectivity index (χ2v) is 6.30. The van der Waals surface area contributed by atoms with E-state index in [9.17, 15) is 9.90 Å². The summed E-state index contributed by atoms with van der Waals surface area (Å²) in [6.45, 7) is 0.202. The Hall–Kier alpha value is -0.580. The standard InChI is InChI=1S/C14H17BrClNO2/c15-13-5-4-10(16)7-12(13)14(19)17-11-3-1-2-9(6-11)8-18/h4-5,7,9,11,18H,1-3,6,8H2,(H,17,19). The number of aliphatic hydroxyl groups is 1. The fourth-order valence-corrected chi connectivity index (χ4v) is 3.12. The number of halogens is 2. The second kappa shape index (κ2) is 6.73. The maximum atomic E-state index is 12.2. The summed E-state index contributed by atoms with van der Waals surface area (Å²) in [5.41, 5.74) is 0.554. The Morgan fingerprint density at radius 2 is 2.26 bits per heavy atom. The third-order valence-electron chi connectivity index (χ3n) is 3.55. The summed E-state index contributed by atoms with van der Waals surface area (Å²) in [6.07, 6.45) is 3.91. The van der Waals surface area contributed by atoms with Crippen LogP contribution in [0.15, 0.2) is 22.7 Å². The normalized spacial score (nSPS) is 23.1. The van der Waals surface area contributed by atoms with E-state index in [4.69, 9.17) is 11.6 Å². The fraction of sp³-hybridized carbons (Fsp3) is 0.500. The monoisotopic (exact) mass is 345 g/mol. The van der Waals surface area contributed by atoms with Gasteiger partial charge in [-0.3, -0.25) is 4.79 Å². The van der Waals surface area contributed by atoms with Gasteiger partial charge < -0.3 is 10.4 Å².